The molecule has 6 N–H and O–H groups in total. The van der Waals surface area contributed by atoms with E-state index >= 15 is 0 Å². The van der Waals surface area contributed by atoms with Gasteiger partial charge in [-0.2, -0.15) is 12.7 Å². The molecular weight excluding hydrogens is 2140 g/mol. The van der Waals surface area contributed by atoms with Gasteiger partial charge >= 0.3 is 40.5 Å². The Kier molecular flexibility index (Phi) is 49.0. The number of aryl methyl sites for hydroxylation is 7. The van der Waals surface area contributed by atoms with Crippen molar-refractivity contribution in [3.8, 4) is 0 Å². The van der Waals surface area contributed by atoms with Gasteiger partial charge in [-0.25, -0.2) is 14.4 Å². The summed E-state index contributed by atoms with van der Waals surface area (Å²) < 4.78 is 48.8. The second kappa shape index (κ2) is 59.7. The number of carbonyl (C=O) groups excluding carboxylic acids is 6. The number of benzene rings is 9. The van der Waals surface area contributed by atoms with E-state index in [1.165, 1.54) is 127 Å². The molecule has 27 nitrogen and oxygen atoms in total. The number of rotatable bonds is 11. The Labute approximate surface area is 921 Å². The highest BCUT2D eigenvalue weighted by atomic mass is 127. The number of aliphatic hydroxyl groups is 1. The second-order valence-corrected chi connectivity index (χ2v) is 49.3. The Balaban J connectivity index is 0.000000174. The van der Waals surface area contributed by atoms with Gasteiger partial charge in [0.1, 0.15) is 25.3 Å². The highest BCUT2D eigenvalue weighted by Crippen LogP contribution is 2.37. The number of esters is 1. The number of halogens is 1. The molecule has 1 fully saturated rings. The molecule has 18 rings (SSSR count). The van der Waals surface area contributed by atoms with E-state index in [-0.39, 0.29) is 93.3 Å². The van der Waals surface area contributed by atoms with Gasteiger partial charge < -0.3 is 93.3 Å². The van der Waals surface area contributed by atoms with Crippen LogP contribution in [0.15, 0.2) is 215 Å². The number of nitrogens with two attached hydrogens (primary N) is 1. The monoisotopic (exact) mass is 2290 g/mol. The number of carboxylic acids is 1. The largest absolute Gasteiger partial charge is 1.00 e. The number of aliphatic carboxylic acids is 1. The van der Waals surface area contributed by atoms with Crippen LogP contribution in [0.5, 0.6) is 0 Å². The lowest BCUT2D eigenvalue weighted by Gasteiger charge is -2.37. The first-order chi connectivity index (χ1) is 69.7. The van der Waals surface area contributed by atoms with Crippen LogP contribution in [0.4, 0.5) is 14.4 Å². The van der Waals surface area contributed by atoms with Crippen LogP contribution in [-0.4, -0.2) is 298 Å². The van der Waals surface area contributed by atoms with Crippen LogP contribution < -0.4 is 35.0 Å². The summed E-state index contributed by atoms with van der Waals surface area (Å²) >= 11 is 14.6. The van der Waals surface area contributed by atoms with Gasteiger partial charge in [0.25, 0.3) is 0 Å². The Morgan fingerprint density at radius 3 is 1.24 bits per heavy atom. The molecule has 9 heterocycles. The number of fused-ring (bicyclic) bond motifs is 8. The molecule has 0 aliphatic carbocycles. The van der Waals surface area contributed by atoms with E-state index in [4.69, 9.17) is 34.7 Å². The van der Waals surface area contributed by atoms with Gasteiger partial charge in [-0.3, -0.25) is 33.5 Å². The summed E-state index contributed by atoms with van der Waals surface area (Å²) in [4.78, 5) is 109. The van der Waals surface area contributed by atoms with Gasteiger partial charge in [0, 0.05) is 209 Å². The Morgan fingerprint density at radius 1 is 0.429 bits per heavy atom. The van der Waals surface area contributed by atoms with Crippen molar-refractivity contribution < 1.29 is 99.4 Å². The molecule has 9 aromatic rings. The fraction of sp³-hybridized carbons (Fsp3) is 0.445. The van der Waals surface area contributed by atoms with Gasteiger partial charge in [0.05, 0.1) is 54.0 Å². The van der Waals surface area contributed by atoms with Gasteiger partial charge in [-0.05, 0) is 181 Å². The Morgan fingerprint density at radius 2 is 0.803 bits per heavy atom. The molecule has 1 saturated heterocycles. The lowest BCUT2D eigenvalue weighted by Crippen LogP contribution is -3.00. The summed E-state index contributed by atoms with van der Waals surface area (Å²) in [6, 6.07) is 60.7. The maximum Gasteiger partial charge on any atom is 0.410 e. The number of alkyl carbamates (subject to hydrolysis) is 1. The zero-order valence-corrected chi connectivity index (χ0v) is 96.6. The highest BCUT2D eigenvalue weighted by Gasteiger charge is 2.33. The van der Waals surface area contributed by atoms with Crippen molar-refractivity contribution in [3.63, 3.8) is 0 Å². The second-order valence-electron chi connectivity index (χ2n) is 38.8. The summed E-state index contributed by atoms with van der Waals surface area (Å²) in [5.41, 5.74) is 25.5. The summed E-state index contributed by atoms with van der Waals surface area (Å²) in [7, 11) is 4.13. The third-order valence-corrected chi connectivity index (χ3v) is 34.5. The van der Waals surface area contributed by atoms with Crippen LogP contribution in [0.2, 0.25) is 0 Å². The first-order valence-electron chi connectivity index (χ1n) is 49.3. The van der Waals surface area contributed by atoms with Crippen molar-refractivity contribution >= 4 is 146 Å². The highest BCUT2D eigenvalue weighted by molar-refractivity contribution is 8.01. The first-order valence-corrected chi connectivity index (χ1v) is 58.6. The molecule has 9 aromatic carbocycles. The number of carboxylic acid groups (broad SMARTS) is 1. The quantitative estimate of drug-likeness (QED) is 0.0264. The molecule has 0 radical (unpaired) electrons. The molecule has 796 valence electrons. The predicted molar refractivity (Wildman–Crippen MR) is 595 cm³/mol. The van der Waals surface area contributed by atoms with Crippen LogP contribution in [0.25, 0.3) is 0 Å². The third kappa shape index (κ3) is 40.4. The number of hydrogen-bond acceptors (Lipinski definition) is 25. The van der Waals surface area contributed by atoms with Crippen LogP contribution in [0.3, 0.4) is 0 Å². The number of quaternary nitrogens is 1. The zero-order chi connectivity index (χ0) is 105. The molecule has 37 heteroatoms. The van der Waals surface area contributed by atoms with Crippen molar-refractivity contribution in [1.82, 2.24) is 48.8 Å². The maximum absolute atomic E-state index is 13.0. The molecule has 0 unspecified atom stereocenters. The SMILES string of the molecule is CN1CCSc2ccc(CO)cc2C1.COC(=O)CN1CCSc2ccc(C)cc2C1.Cc1ccc2c(c1)CN(C(=O)CN)CCS2.Cc1ccc2c(c1)CN(C(=O)CNC(=O)OCc1ccccc1)CCS2.Cc1ccc2c(c1)CN(C(=O)N1CCN(C(=O)OC(C)(C)C)CC1)CCS2.Cc1ccc2c(c1)CN(CC(=O)O)CCS2.Cc1ccc2c(c1)CN(S(=O)(=O)O)CCS2.Cc1ccc2c(c1)C[N+](C)(C)CCS2.[I-]. The minimum Gasteiger partial charge on any atom is -1.00 e. The number of amides is 6. The number of urea groups is 1. The van der Waals surface area contributed by atoms with Crippen LogP contribution >= 0.6 is 94.1 Å². The van der Waals surface area contributed by atoms with E-state index in [0.717, 1.165) is 128 Å². The summed E-state index contributed by atoms with van der Waals surface area (Å²) in [6.07, 6.45) is -0.882. The Bertz CT molecular complexity index is 6020. The molecule has 0 bridgehead atoms. The number of aliphatic hydroxyl groups excluding tert-OH is 1. The zero-order valence-electron chi connectivity index (χ0n) is 87.1. The number of ether oxygens (including phenoxy) is 3. The number of hydrogen-bond donors (Lipinski definition) is 5. The summed E-state index contributed by atoms with van der Waals surface area (Å²) in [5, 5.41) is 20.4. The normalized spacial score (nSPS) is 16.6. The molecule has 0 saturated carbocycles. The summed E-state index contributed by atoms with van der Waals surface area (Å²) in [5.74, 6) is 6.76. The van der Waals surface area contributed by atoms with E-state index in [0.29, 0.717) is 71.2 Å². The van der Waals surface area contributed by atoms with Gasteiger partial charge in [0.2, 0.25) is 11.8 Å². The van der Waals surface area contributed by atoms with Crippen molar-refractivity contribution in [2.75, 3.05) is 179 Å². The number of methoxy groups -OCH3 is 1. The number of carbonyl (C=O) groups is 7. The fourth-order valence-electron chi connectivity index (χ4n) is 17.1. The fourth-order valence-corrected chi connectivity index (χ4v) is 26.3. The average Bonchev–Trinajstić information content (AvgIpc) is 1.78. The molecular formula is C110H145IN12O15S9. The number of nitrogens with one attached hydrogen (secondary N) is 1. The van der Waals surface area contributed by atoms with Crippen molar-refractivity contribution in [1.29, 1.82) is 0 Å². The molecule has 147 heavy (non-hydrogen) atoms. The van der Waals surface area contributed by atoms with Crippen LogP contribution in [0.1, 0.15) is 115 Å². The predicted octanol–water partition coefficient (Wildman–Crippen LogP) is 15.5. The molecule has 0 atom stereocenters. The van der Waals surface area contributed by atoms with Gasteiger partial charge in [-0.1, -0.05) is 160 Å². The first kappa shape index (κ1) is 121. The van der Waals surface area contributed by atoms with E-state index in [1.54, 1.807) is 33.3 Å². The van der Waals surface area contributed by atoms with Crippen LogP contribution in [-0.2, 0) is 109 Å². The van der Waals surface area contributed by atoms with Crippen LogP contribution in [0, 0.1) is 48.5 Å². The van der Waals surface area contributed by atoms with E-state index < -0.39 is 28.0 Å². The lowest BCUT2D eigenvalue weighted by molar-refractivity contribution is -0.901. The number of piperazine rings is 1. The minimum atomic E-state index is -4.08. The number of nitrogens with zero attached hydrogens (tertiary/aromatic N) is 10. The average molecular weight is 2290 g/mol. The smallest absolute Gasteiger partial charge is 0.410 e. The molecule has 0 aromatic heterocycles. The van der Waals surface area contributed by atoms with Crippen molar-refractivity contribution in [3.05, 3.63) is 271 Å². The van der Waals surface area contributed by atoms with Crippen molar-refractivity contribution in [2.45, 2.75) is 180 Å². The number of thioether (sulfide) groups is 8. The standard InChI is InChI=1S/C20H29N3O3S.C20H22N2O3S.C13H17NO2S.C12H16N2OS.C12H15NO2S.C12H18NS.C11H15NOS.C10H13NO3S2.HI/c1-15-5-6-17-16(13-15)14-23(11-12-27-17)18(24)21-7-9-22(10-8-21)19(25)26-20(2,3)4;1-15-7-8-18-17(11-15)13-22(9-10-26-18)19(23)12-21-20(24)25-14-16-5-3-2-4-6-16;1-10-3-4-12-11(7-10)8-14(5-6-17-12)9-13(15)16-2;1-9-2-3-11-10(6-9)8-14(4-5-16-11)12(15)7-13;1-9-2-3-11-10(6-9)7-13(4-5-16-11)8-12(14)15;1-10-4-5-12-11(8-10)9-13(2,3)6-7-14-12;1-12-4-5-14-11-3-2-9(8-13)6-10(11)7-12;1-8-2-3-10-9(6-8)7-11(4-5-15-10)16(12,13)14;/h5-6,13H,7-12,14H2,1-4H3;2-8,11H,9-10,12-14H2,1H3,(H,21,24);3-4,7H,5-6,8-9H2,1-2H3;2-3,6H,4-5,7-8,13H2,1H3;2-3,6H,4-5,7-8H2,1H3,(H,14,15);4-5,8H,6-7,9H2,1-3H3;2-3,6,13H,4-5,7-8H2,1H3;2-3,6H,4-5,7H2,1H3,(H,12,13,14);1H/q;;;;;+1;;;/p-1. The molecule has 0 spiro atoms. The molecule has 9 aliphatic rings. The topological polar surface area (TPSA) is 309 Å². The van der Waals surface area contributed by atoms with Crippen molar-refractivity contribution in [2.24, 2.45) is 5.73 Å². The minimum absolute atomic E-state index is 0. The molecule has 9 aliphatic heterocycles. The molecule has 6 amide bonds. The maximum atomic E-state index is 13.0. The van der Waals surface area contributed by atoms with E-state index in [1.807, 2.05) is 179 Å². The van der Waals surface area contributed by atoms with E-state index in [9.17, 15) is 42.0 Å². The van der Waals surface area contributed by atoms with Gasteiger partial charge in [0.15, 0.2) is 0 Å². The van der Waals surface area contributed by atoms with E-state index in [2.05, 4.69) is 192 Å². The lowest BCUT2D eigenvalue weighted by atomic mass is 10.1. The third-order valence-electron chi connectivity index (χ3n) is 24.8. The Hall–Kier alpha value is -8.17. The van der Waals surface area contributed by atoms with Gasteiger partial charge in [-0.15, -0.1) is 94.1 Å². The summed E-state index contributed by atoms with van der Waals surface area (Å²) in [6.45, 7) is 35.7.